The van der Waals surface area contributed by atoms with Crippen molar-refractivity contribution >= 4 is 0 Å². The van der Waals surface area contributed by atoms with Gasteiger partial charge >= 0.3 is 0 Å². The molecule has 0 amide bonds. The average Bonchev–Trinajstić information content (AvgIpc) is 2.56. The van der Waals surface area contributed by atoms with Gasteiger partial charge in [0.05, 0.1) is 5.60 Å². The second kappa shape index (κ2) is 5.48. The Morgan fingerprint density at radius 1 is 1.25 bits per heavy atom. The van der Waals surface area contributed by atoms with Crippen molar-refractivity contribution in [1.82, 2.24) is 10.2 Å². The van der Waals surface area contributed by atoms with Crippen LogP contribution in [0.5, 0.6) is 0 Å². The summed E-state index contributed by atoms with van der Waals surface area (Å²) in [5, 5.41) is 13.6. The standard InChI is InChI=1S/C13H26N2O/c1-15(11-13(16)8-9-14-10-13)12-6-4-2-3-5-7-12/h12,14,16H,2-11H2,1H3. The highest BCUT2D eigenvalue weighted by Crippen LogP contribution is 2.23. The molecule has 0 bridgehead atoms. The van der Waals surface area contributed by atoms with Gasteiger partial charge in [-0.1, -0.05) is 25.7 Å². The Bertz CT molecular complexity index is 206. The maximum Gasteiger partial charge on any atom is 0.0909 e. The Labute approximate surface area is 99.2 Å². The maximum atomic E-state index is 10.4. The van der Waals surface area contributed by atoms with Crippen molar-refractivity contribution in [1.29, 1.82) is 0 Å². The molecule has 1 unspecified atom stereocenters. The Balaban J connectivity index is 1.83. The molecule has 3 nitrogen and oxygen atoms in total. The minimum atomic E-state index is -0.471. The van der Waals surface area contributed by atoms with Crippen LogP contribution in [0.25, 0.3) is 0 Å². The van der Waals surface area contributed by atoms with E-state index in [1.165, 1.54) is 38.5 Å². The molecule has 0 radical (unpaired) electrons. The number of rotatable bonds is 3. The fourth-order valence-corrected chi connectivity index (χ4v) is 3.16. The zero-order valence-corrected chi connectivity index (χ0v) is 10.5. The molecule has 0 aromatic rings. The summed E-state index contributed by atoms with van der Waals surface area (Å²) in [4.78, 5) is 2.40. The van der Waals surface area contributed by atoms with Crippen LogP contribution in [0.1, 0.15) is 44.9 Å². The van der Waals surface area contributed by atoms with E-state index >= 15 is 0 Å². The van der Waals surface area contributed by atoms with E-state index < -0.39 is 5.60 Å². The summed E-state index contributed by atoms with van der Waals surface area (Å²) in [5.74, 6) is 0. The lowest BCUT2D eigenvalue weighted by molar-refractivity contribution is 0.0144. The summed E-state index contributed by atoms with van der Waals surface area (Å²) in [5.41, 5.74) is -0.471. The molecule has 2 rings (SSSR count). The van der Waals surface area contributed by atoms with Crippen LogP contribution in [-0.4, -0.2) is 48.3 Å². The Morgan fingerprint density at radius 3 is 2.50 bits per heavy atom. The molecule has 94 valence electrons. The van der Waals surface area contributed by atoms with Gasteiger partial charge in [-0.3, -0.25) is 0 Å². The van der Waals surface area contributed by atoms with Gasteiger partial charge in [0.1, 0.15) is 0 Å². The van der Waals surface area contributed by atoms with Gasteiger partial charge in [0.15, 0.2) is 0 Å². The first-order valence-corrected chi connectivity index (χ1v) is 6.83. The number of nitrogens with zero attached hydrogens (tertiary/aromatic N) is 1. The lowest BCUT2D eigenvalue weighted by Crippen LogP contribution is -2.46. The second-order valence-corrected chi connectivity index (χ2v) is 5.71. The third-order valence-electron chi connectivity index (χ3n) is 4.21. The van der Waals surface area contributed by atoms with E-state index in [9.17, 15) is 5.11 Å². The third kappa shape index (κ3) is 3.19. The summed E-state index contributed by atoms with van der Waals surface area (Å²) < 4.78 is 0. The molecule has 2 N–H and O–H groups in total. The van der Waals surface area contributed by atoms with Gasteiger partial charge in [0, 0.05) is 19.1 Å². The first-order chi connectivity index (χ1) is 7.70. The molecule has 1 saturated heterocycles. The van der Waals surface area contributed by atoms with Crippen LogP contribution < -0.4 is 5.32 Å². The fraction of sp³-hybridized carbons (Fsp3) is 1.00. The molecular weight excluding hydrogens is 200 g/mol. The van der Waals surface area contributed by atoms with E-state index in [1.807, 2.05) is 0 Å². The van der Waals surface area contributed by atoms with Crippen LogP contribution in [0.15, 0.2) is 0 Å². The molecule has 16 heavy (non-hydrogen) atoms. The normalized spacial score (nSPS) is 33.2. The number of nitrogens with one attached hydrogen (secondary N) is 1. The zero-order valence-electron chi connectivity index (χ0n) is 10.5. The predicted molar refractivity (Wildman–Crippen MR) is 66.6 cm³/mol. The molecule has 1 saturated carbocycles. The fourth-order valence-electron chi connectivity index (χ4n) is 3.16. The van der Waals surface area contributed by atoms with Gasteiger partial charge in [-0.2, -0.15) is 0 Å². The van der Waals surface area contributed by atoms with Crippen LogP contribution in [0.4, 0.5) is 0 Å². The van der Waals surface area contributed by atoms with Crippen LogP contribution in [0.2, 0.25) is 0 Å². The molecular formula is C13H26N2O. The smallest absolute Gasteiger partial charge is 0.0909 e. The minimum Gasteiger partial charge on any atom is -0.387 e. The van der Waals surface area contributed by atoms with Gasteiger partial charge < -0.3 is 15.3 Å². The lowest BCUT2D eigenvalue weighted by Gasteiger charge is -2.33. The van der Waals surface area contributed by atoms with Gasteiger partial charge in [0.2, 0.25) is 0 Å². The molecule has 0 aromatic heterocycles. The topological polar surface area (TPSA) is 35.5 Å². The molecule has 0 spiro atoms. The summed E-state index contributed by atoms with van der Waals surface area (Å²) in [7, 11) is 2.19. The number of aliphatic hydroxyl groups is 1. The first kappa shape index (κ1) is 12.3. The van der Waals surface area contributed by atoms with Crippen LogP contribution in [0.3, 0.4) is 0 Å². The Hall–Kier alpha value is -0.120. The minimum absolute atomic E-state index is 0.471. The van der Waals surface area contributed by atoms with Crippen molar-refractivity contribution in [2.45, 2.75) is 56.6 Å². The van der Waals surface area contributed by atoms with Crippen molar-refractivity contribution in [2.24, 2.45) is 0 Å². The molecule has 1 aliphatic heterocycles. The highest BCUT2D eigenvalue weighted by Gasteiger charge is 2.33. The molecule has 2 fully saturated rings. The molecule has 0 aromatic carbocycles. The highest BCUT2D eigenvalue weighted by atomic mass is 16.3. The summed E-state index contributed by atoms with van der Waals surface area (Å²) in [6.45, 7) is 2.57. The van der Waals surface area contributed by atoms with Crippen LogP contribution in [0, 0.1) is 0 Å². The Morgan fingerprint density at radius 2 is 1.94 bits per heavy atom. The van der Waals surface area contributed by atoms with Gasteiger partial charge in [-0.05, 0) is 32.9 Å². The van der Waals surface area contributed by atoms with E-state index in [-0.39, 0.29) is 0 Å². The first-order valence-electron chi connectivity index (χ1n) is 6.83. The summed E-state index contributed by atoms with van der Waals surface area (Å²) in [6.07, 6.45) is 9.08. The predicted octanol–water partition coefficient (Wildman–Crippen LogP) is 1.37. The second-order valence-electron chi connectivity index (χ2n) is 5.71. The Kier molecular flexibility index (Phi) is 4.22. The van der Waals surface area contributed by atoms with E-state index in [2.05, 4.69) is 17.3 Å². The summed E-state index contributed by atoms with van der Waals surface area (Å²) in [6, 6.07) is 0.701. The number of likely N-dealkylation sites (N-methyl/N-ethyl adjacent to an activating group) is 1. The monoisotopic (exact) mass is 226 g/mol. The zero-order chi connectivity index (χ0) is 11.4. The van der Waals surface area contributed by atoms with Crippen molar-refractivity contribution in [3.05, 3.63) is 0 Å². The van der Waals surface area contributed by atoms with Gasteiger partial charge in [-0.15, -0.1) is 0 Å². The third-order valence-corrected chi connectivity index (χ3v) is 4.21. The van der Waals surface area contributed by atoms with Crippen LogP contribution >= 0.6 is 0 Å². The van der Waals surface area contributed by atoms with E-state index in [0.717, 1.165) is 26.1 Å². The van der Waals surface area contributed by atoms with E-state index in [4.69, 9.17) is 0 Å². The highest BCUT2D eigenvalue weighted by molar-refractivity contribution is 4.91. The number of β-amino-alcohol motifs (C(OH)–C–C–N with tert-alkyl or cyclic N) is 1. The molecule has 3 heteroatoms. The number of hydrogen-bond acceptors (Lipinski definition) is 3. The maximum absolute atomic E-state index is 10.4. The lowest BCUT2D eigenvalue weighted by atomic mass is 10.00. The quantitative estimate of drug-likeness (QED) is 0.713. The van der Waals surface area contributed by atoms with Gasteiger partial charge in [-0.25, -0.2) is 0 Å². The van der Waals surface area contributed by atoms with Crippen molar-refractivity contribution < 1.29 is 5.11 Å². The van der Waals surface area contributed by atoms with Gasteiger partial charge in [0.25, 0.3) is 0 Å². The SMILES string of the molecule is CN(CC1(O)CCNC1)C1CCCCCC1. The largest absolute Gasteiger partial charge is 0.387 e. The van der Waals surface area contributed by atoms with Crippen molar-refractivity contribution in [2.75, 3.05) is 26.7 Å². The molecule has 1 heterocycles. The van der Waals surface area contributed by atoms with Crippen molar-refractivity contribution in [3.8, 4) is 0 Å². The average molecular weight is 226 g/mol. The molecule has 2 aliphatic rings. The van der Waals surface area contributed by atoms with Crippen LogP contribution in [-0.2, 0) is 0 Å². The number of hydrogen-bond donors (Lipinski definition) is 2. The van der Waals surface area contributed by atoms with E-state index in [1.54, 1.807) is 0 Å². The van der Waals surface area contributed by atoms with E-state index in [0.29, 0.717) is 6.04 Å². The molecule has 1 aliphatic carbocycles. The summed E-state index contributed by atoms with van der Waals surface area (Å²) >= 11 is 0. The molecule has 1 atom stereocenters. The van der Waals surface area contributed by atoms with Crippen molar-refractivity contribution in [3.63, 3.8) is 0 Å².